The highest BCUT2D eigenvalue weighted by molar-refractivity contribution is 6.04. The second-order valence-electron chi connectivity index (χ2n) is 7.13. The van der Waals surface area contributed by atoms with E-state index >= 15 is 0 Å². The van der Waals surface area contributed by atoms with Crippen molar-refractivity contribution in [3.8, 4) is 11.1 Å². The third-order valence-electron chi connectivity index (χ3n) is 5.49. The van der Waals surface area contributed by atoms with Crippen LogP contribution in [-0.4, -0.2) is 31.9 Å². The van der Waals surface area contributed by atoms with E-state index in [1.54, 1.807) is 12.4 Å². The van der Waals surface area contributed by atoms with Crippen LogP contribution in [-0.2, 0) is 20.0 Å². The second kappa shape index (κ2) is 6.60. The molecule has 4 aromatic rings. The van der Waals surface area contributed by atoms with Gasteiger partial charge < -0.3 is 9.47 Å². The number of para-hydroxylation sites is 2. The van der Waals surface area contributed by atoms with E-state index in [2.05, 4.69) is 15.6 Å². The minimum atomic E-state index is 0.0983. The van der Waals surface area contributed by atoms with Crippen LogP contribution in [0.3, 0.4) is 0 Å². The number of imidazole rings is 1. The zero-order valence-electron chi connectivity index (χ0n) is 15.7. The number of rotatable bonds is 4. The van der Waals surface area contributed by atoms with Gasteiger partial charge in [0.1, 0.15) is 5.82 Å². The Morgan fingerprint density at radius 1 is 1.00 bits per heavy atom. The van der Waals surface area contributed by atoms with Gasteiger partial charge in [-0.2, -0.15) is 0 Å². The van der Waals surface area contributed by atoms with Crippen LogP contribution in [0.25, 0.3) is 22.2 Å². The van der Waals surface area contributed by atoms with Crippen molar-refractivity contribution in [1.29, 1.82) is 0 Å². The topological polar surface area (TPSA) is 51.0 Å². The van der Waals surface area contributed by atoms with Gasteiger partial charge in [-0.1, -0.05) is 30.3 Å². The highest BCUT2D eigenvalue weighted by atomic mass is 16.2. The summed E-state index contributed by atoms with van der Waals surface area (Å²) < 4.78 is 2.12. The van der Waals surface area contributed by atoms with Gasteiger partial charge in [0.15, 0.2) is 0 Å². The first-order chi connectivity index (χ1) is 13.7. The number of carbonyl (C=O) groups excluding carboxylic acids is 1. The van der Waals surface area contributed by atoms with Crippen LogP contribution in [0.5, 0.6) is 0 Å². The van der Waals surface area contributed by atoms with Gasteiger partial charge in [-0.15, -0.1) is 0 Å². The van der Waals surface area contributed by atoms with Gasteiger partial charge in [-0.3, -0.25) is 9.78 Å². The van der Waals surface area contributed by atoms with Crippen LogP contribution in [0, 0.1) is 0 Å². The van der Waals surface area contributed by atoms with E-state index in [9.17, 15) is 4.79 Å². The Morgan fingerprint density at radius 3 is 2.64 bits per heavy atom. The summed E-state index contributed by atoms with van der Waals surface area (Å²) in [5, 5.41) is 0. The molecule has 5 rings (SSSR count). The van der Waals surface area contributed by atoms with Gasteiger partial charge >= 0.3 is 0 Å². The molecule has 0 radical (unpaired) electrons. The molecule has 138 valence electrons. The van der Waals surface area contributed by atoms with E-state index in [1.165, 1.54) is 0 Å². The number of aromatic nitrogens is 3. The third-order valence-corrected chi connectivity index (χ3v) is 5.49. The first-order valence-electron chi connectivity index (χ1n) is 9.44. The number of carbonyl (C=O) groups is 1. The lowest BCUT2D eigenvalue weighted by atomic mass is 9.97. The zero-order chi connectivity index (χ0) is 19.1. The first kappa shape index (κ1) is 16.7. The summed E-state index contributed by atoms with van der Waals surface area (Å²) in [6, 6.07) is 18.1. The van der Waals surface area contributed by atoms with Crippen molar-refractivity contribution in [3.63, 3.8) is 0 Å². The number of pyridine rings is 1. The summed E-state index contributed by atoms with van der Waals surface area (Å²) in [6.45, 7) is 1.30. The number of hydrogen-bond donors (Lipinski definition) is 0. The van der Waals surface area contributed by atoms with Crippen LogP contribution >= 0.6 is 0 Å². The number of aryl methyl sites for hydroxylation is 1. The maximum absolute atomic E-state index is 13.2. The zero-order valence-corrected chi connectivity index (χ0v) is 15.7. The van der Waals surface area contributed by atoms with E-state index in [0.29, 0.717) is 13.1 Å². The van der Waals surface area contributed by atoms with Crippen LogP contribution in [0.2, 0.25) is 0 Å². The van der Waals surface area contributed by atoms with Gasteiger partial charge in [0, 0.05) is 39.0 Å². The second-order valence-corrected chi connectivity index (χ2v) is 7.13. The minimum absolute atomic E-state index is 0.0983. The Bertz CT molecular complexity index is 1180. The molecule has 0 bridgehead atoms. The molecular weight excluding hydrogens is 348 g/mol. The van der Waals surface area contributed by atoms with Crippen LogP contribution in [0.4, 0.5) is 0 Å². The molecule has 5 heteroatoms. The molecule has 28 heavy (non-hydrogen) atoms. The number of amides is 1. The monoisotopic (exact) mass is 368 g/mol. The first-order valence-corrected chi connectivity index (χ1v) is 9.44. The predicted octanol–water partition coefficient (Wildman–Crippen LogP) is 3.83. The van der Waals surface area contributed by atoms with Gasteiger partial charge in [0.25, 0.3) is 5.91 Å². The third kappa shape index (κ3) is 2.67. The molecule has 0 fully saturated rings. The minimum Gasteiger partial charge on any atom is -0.334 e. The molecule has 0 saturated carbocycles. The normalized spacial score (nSPS) is 13.3. The summed E-state index contributed by atoms with van der Waals surface area (Å²) in [4.78, 5) is 23.9. The average Bonchev–Trinajstić information content (AvgIpc) is 3.24. The van der Waals surface area contributed by atoms with E-state index in [1.807, 2.05) is 60.5 Å². The highest BCUT2D eigenvalue weighted by Crippen LogP contribution is 2.32. The Hall–Kier alpha value is -3.47. The Labute approximate surface area is 163 Å². The van der Waals surface area contributed by atoms with Crippen molar-refractivity contribution in [2.45, 2.75) is 13.0 Å². The number of fused-ring (bicyclic) bond motifs is 2. The van der Waals surface area contributed by atoms with Crippen molar-refractivity contribution in [2.75, 3.05) is 6.54 Å². The average molecular weight is 368 g/mol. The van der Waals surface area contributed by atoms with E-state index < -0.39 is 0 Å². The number of benzene rings is 2. The van der Waals surface area contributed by atoms with Crippen LogP contribution in [0.15, 0.2) is 67.0 Å². The maximum atomic E-state index is 13.2. The van der Waals surface area contributed by atoms with E-state index in [0.717, 1.165) is 45.5 Å². The van der Waals surface area contributed by atoms with E-state index in [4.69, 9.17) is 4.98 Å². The molecule has 1 aliphatic rings. The molecule has 3 heterocycles. The highest BCUT2D eigenvalue weighted by Gasteiger charge is 2.30. The summed E-state index contributed by atoms with van der Waals surface area (Å²) in [6.07, 6.45) is 4.25. The Morgan fingerprint density at radius 2 is 1.82 bits per heavy atom. The quantitative estimate of drug-likeness (QED) is 0.550. The van der Waals surface area contributed by atoms with Crippen molar-refractivity contribution >= 4 is 16.9 Å². The fourth-order valence-corrected chi connectivity index (χ4v) is 4.03. The molecule has 0 saturated heterocycles. The fraction of sp³-hybridized carbons (Fsp3) is 0.174. The summed E-state index contributed by atoms with van der Waals surface area (Å²) in [5.74, 6) is 1.10. The van der Waals surface area contributed by atoms with Crippen molar-refractivity contribution in [2.24, 2.45) is 7.05 Å². The molecule has 1 aliphatic heterocycles. The molecule has 1 amide bonds. The predicted molar refractivity (Wildman–Crippen MR) is 109 cm³/mol. The fourth-order valence-electron chi connectivity index (χ4n) is 4.03. The van der Waals surface area contributed by atoms with Gasteiger partial charge in [-0.25, -0.2) is 4.98 Å². The molecule has 2 aromatic heterocycles. The van der Waals surface area contributed by atoms with Crippen LogP contribution in [0.1, 0.15) is 21.7 Å². The smallest absolute Gasteiger partial charge is 0.255 e. The lowest BCUT2D eigenvalue weighted by Gasteiger charge is -2.15. The lowest BCUT2D eigenvalue weighted by molar-refractivity contribution is 0.0780. The standard InChI is InChI=1S/C23H20N4O/c1-26-20-8-3-2-7-19(20)25-21(26)11-14-27-15-17-5-4-6-18(22(17)23(27)28)16-9-12-24-13-10-16/h2-10,12-13H,11,14-15H2,1H3. The molecule has 5 nitrogen and oxygen atoms in total. The molecule has 0 unspecified atom stereocenters. The Balaban J connectivity index is 1.40. The summed E-state index contributed by atoms with van der Waals surface area (Å²) in [7, 11) is 2.03. The van der Waals surface area contributed by atoms with Gasteiger partial charge in [0.05, 0.1) is 16.6 Å². The van der Waals surface area contributed by atoms with Crippen molar-refractivity contribution in [3.05, 3.63) is 83.9 Å². The number of hydrogen-bond acceptors (Lipinski definition) is 3. The molecule has 0 N–H and O–H groups in total. The summed E-state index contributed by atoms with van der Waals surface area (Å²) >= 11 is 0. The lowest BCUT2D eigenvalue weighted by Crippen LogP contribution is -2.27. The van der Waals surface area contributed by atoms with Crippen molar-refractivity contribution in [1.82, 2.24) is 19.4 Å². The Kier molecular flexibility index (Phi) is 3.93. The van der Waals surface area contributed by atoms with Gasteiger partial charge in [-0.05, 0) is 41.0 Å². The molecule has 0 aliphatic carbocycles. The molecule has 2 aromatic carbocycles. The maximum Gasteiger partial charge on any atom is 0.255 e. The molecular formula is C23H20N4O. The van der Waals surface area contributed by atoms with Crippen LogP contribution < -0.4 is 0 Å². The summed E-state index contributed by atoms with van der Waals surface area (Å²) in [5.41, 5.74) is 6.03. The van der Waals surface area contributed by atoms with E-state index in [-0.39, 0.29) is 5.91 Å². The van der Waals surface area contributed by atoms with Gasteiger partial charge in [0.2, 0.25) is 0 Å². The SMILES string of the molecule is Cn1c(CCN2Cc3cccc(-c4ccncc4)c3C2=O)nc2ccccc21. The molecule has 0 spiro atoms. The number of nitrogens with zero attached hydrogens (tertiary/aromatic N) is 4. The van der Waals surface area contributed by atoms with Crippen molar-refractivity contribution < 1.29 is 4.79 Å². The molecule has 0 atom stereocenters. The largest absolute Gasteiger partial charge is 0.334 e.